The van der Waals surface area contributed by atoms with Crippen molar-refractivity contribution >= 4 is 51.9 Å². The van der Waals surface area contributed by atoms with Crippen LogP contribution >= 0.6 is 24.0 Å². The average Bonchev–Trinajstić information content (AvgIpc) is 3.38. The lowest BCUT2D eigenvalue weighted by molar-refractivity contribution is -0.113. The molecule has 0 atom stereocenters. The summed E-state index contributed by atoms with van der Waals surface area (Å²) in [7, 11) is 1.44. The van der Waals surface area contributed by atoms with Crippen LogP contribution in [0, 0.1) is 5.82 Å². The van der Waals surface area contributed by atoms with Crippen LogP contribution in [0.25, 0.3) is 6.08 Å². The van der Waals surface area contributed by atoms with Crippen LogP contribution < -0.4 is 14.4 Å². The molecule has 6 nitrogen and oxygen atoms in total. The predicted octanol–water partition coefficient (Wildman–Crippen LogP) is 5.05. The SMILES string of the molecule is COc1cc(/C=C2\SC(=S)N(c3cccc(F)c3)C2=O)ccc1OC(=O)c1ccco1. The zero-order valence-corrected chi connectivity index (χ0v) is 17.7. The van der Waals surface area contributed by atoms with Crippen molar-refractivity contribution in [1.29, 1.82) is 0 Å². The van der Waals surface area contributed by atoms with Crippen molar-refractivity contribution in [3.63, 3.8) is 0 Å². The second-order valence-electron chi connectivity index (χ2n) is 6.27. The van der Waals surface area contributed by atoms with E-state index in [9.17, 15) is 14.0 Å². The molecular formula is C22H14FNO5S2. The highest BCUT2D eigenvalue weighted by Gasteiger charge is 2.33. The zero-order valence-electron chi connectivity index (χ0n) is 16.0. The van der Waals surface area contributed by atoms with Crippen molar-refractivity contribution in [2.24, 2.45) is 0 Å². The van der Waals surface area contributed by atoms with E-state index >= 15 is 0 Å². The van der Waals surface area contributed by atoms with E-state index in [1.165, 1.54) is 42.5 Å². The van der Waals surface area contributed by atoms with Gasteiger partial charge in [-0.05, 0) is 54.1 Å². The number of carbonyl (C=O) groups is 2. The fourth-order valence-corrected chi connectivity index (χ4v) is 4.16. The number of furan rings is 1. The molecule has 0 unspecified atom stereocenters. The van der Waals surface area contributed by atoms with E-state index in [4.69, 9.17) is 26.1 Å². The first-order valence-electron chi connectivity index (χ1n) is 8.93. The second kappa shape index (κ2) is 8.75. The molecule has 2 aromatic carbocycles. The molecule has 3 aromatic rings. The van der Waals surface area contributed by atoms with Crippen molar-refractivity contribution < 1.29 is 27.9 Å². The van der Waals surface area contributed by atoms with Gasteiger partial charge in [0.2, 0.25) is 5.76 Å². The molecule has 0 N–H and O–H groups in total. The summed E-state index contributed by atoms with van der Waals surface area (Å²) in [5, 5.41) is 0. The molecule has 156 valence electrons. The Labute approximate surface area is 186 Å². The first-order valence-corrected chi connectivity index (χ1v) is 10.2. The van der Waals surface area contributed by atoms with Crippen LogP contribution in [0.3, 0.4) is 0 Å². The van der Waals surface area contributed by atoms with Gasteiger partial charge in [-0.25, -0.2) is 9.18 Å². The van der Waals surface area contributed by atoms with Crippen molar-refractivity contribution in [1.82, 2.24) is 0 Å². The van der Waals surface area contributed by atoms with E-state index in [1.807, 2.05) is 0 Å². The van der Waals surface area contributed by atoms with Crippen LogP contribution in [-0.2, 0) is 4.79 Å². The van der Waals surface area contributed by atoms with E-state index in [-0.39, 0.29) is 17.4 Å². The van der Waals surface area contributed by atoms with Gasteiger partial charge in [0.25, 0.3) is 5.91 Å². The monoisotopic (exact) mass is 455 g/mol. The summed E-state index contributed by atoms with van der Waals surface area (Å²) < 4.78 is 29.5. The van der Waals surface area contributed by atoms with Gasteiger partial charge in [-0.2, -0.15) is 0 Å². The van der Waals surface area contributed by atoms with Crippen LogP contribution in [0.5, 0.6) is 11.5 Å². The summed E-state index contributed by atoms with van der Waals surface area (Å²) >= 11 is 6.42. The highest BCUT2D eigenvalue weighted by molar-refractivity contribution is 8.27. The topological polar surface area (TPSA) is 69.0 Å². The smallest absolute Gasteiger partial charge is 0.379 e. The molecule has 1 aliphatic heterocycles. The number of hydrogen-bond acceptors (Lipinski definition) is 7. The van der Waals surface area contributed by atoms with Crippen LogP contribution in [0.4, 0.5) is 10.1 Å². The van der Waals surface area contributed by atoms with Gasteiger partial charge in [0, 0.05) is 0 Å². The molecule has 4 rings (SSSR count). The number of anilines is 1. The molecule has 0 radical (unpaired) electrons. The van der Waals surface area contributed by atoms with Crippen LogP contribution in [0.2, 0.25) is 0 Å². The lowest BCUT2D eigenvalue weighted by Gasteiger charge is -2.14. The Morgan fingerprint density at radius 1 is 1.16 bits per heavy atom. The zero-order chi connectivity index (χ0) is 22.0. The molecule has 1 fully saturated rings. The van der Waals surface area contributed by atoms with Crippen molar-refractivity contribution in [2.45, 2.75) is 0 Å². The highest BCUT2D eigenvalue weighted by Crippen LogP contribution is 2.37. The molecule has 2 heterocycles. The third-order valence-electron chi connectivity index (χ3n) is 4.27. The van der Waals surface area contributed by atoms with Crippen molar-refractivity contribution in [3.8, 4) is 11.5 Å². The number of nitrogens with zero attached hydrogens (tertiary/aromatic N) is 1. The summed E-state index contributed by atoms with van der Waals surface area (Å²) in [6, 6.07) is 13.6. The Hall–Kier alpha value is -3.43. The number of esters is 1. The molecule has 31 heavy (non-hydrogen) atoms. The first-order chi connectivity index (χ1) is 15.0. The Morgan fingerprint density at radius 3 is 2.71 bits per heavy atom. The fourth-order valence-electron chi connectivity index (χ4n) is 2.86. The average molecular weight is 455 g/mol. The number of hydrogen-bond donors (Lipinski definition) is 0. The molecule has 0 saturated carbocycles. The number of methoxy groups -OCH3 is 1. The molecule has 0 spiro atoms. The maximum absolute atomic E-state index is 13.6. The summed E-state index contributed by atoms with van der Waals surface area (Å²) in [4.78, 5) is 26.6. The number of thiocarbonyl (C=S) groups is 1. The lowest BCUT2D eigenvalue weighted by Crippen LogP contribution is -2.27. The van der Waals surface area contributed by atoms with Gasteiger partial charge in [-0.1, -0.05) is 36.1 Å². The lowest BCUT2D eigenvalue weighted by atomic mass is 10.1. The minimum atomic E-state index is -0.660. The molecule has 0 aliphatic carbocycles. The molecule has 1 aromatic heterocycles. The number of amides is 1. The molecule has 1 saturated heterocycles. The van der Waals surface area contributed by atoms with Gasteiger partial charge in [-0.15, -0.1) is 0 Å². The van der Waals surface area contributed by atoms with E-state index < -0.39 is 11.8 Å². The number of ether oxygens (including phenoxy) is 2. The number of carbonyl (C=O) groups excluding carboxylic acids is 2. The number of halogens is 1. The van der Waals surface area contributed by atoms with Gasteiger partial charge in [0.15, 0.2) is 15.8 Å². The summed E-state index contributed by atoms with van der Waals surface area (Å²) in [6.07, 6.45) is 3.01. The molecule has 0 bridgehead atoms. The third kappa shape index (κ3) is 4.37. The largest absolute Gasteiger partial charge is 0.493 e. The summed E-state index contributed by atoms with van der Waals surface area (Å²) in [6.45, 7) is 0. The molecule has 1 amide bonds. The van der Waals surface area contributed by atoms with Gasteiger partial charge >= 0.3 is 5.97 Å². The second-order valence-corrected chi connectivity index (χ2v) is 7.95. The predicted molar refractivity (Wildman–Crippen MR) is 119 cm³/mol. The van der Waals surface area contributed by atoms with Crippen molar-refractivity contribution in [2.75, 3.05) is 12.0 Å². The van der Waals surface area contributed by atoms with Gasteiger partial charge < -0.3 is 13.9 Å². The van der Waals surface area contributed by atoms with Crippen LogP contribution in [0.1, 0.15) is 16.1 Å². The van der Waals surface area contributed by atoms with Gasteiger partial charge in [0.05, 0.1) is 24.0 Å². The summed E-state index contributed by atoms with van der Waals surface area (Å²) in [5.74, 6) is -0.908. The van der Waals surface area contributed by atoms with E-state index in [0.717, 1.165) is 11.8 Å². The van der Waals surface area contributed by atoms with E-state index in [0.29, 0.717) is 26.2 Å². The fraction of sp³-hybridized carbons (Fsp3) is 0.0455. The maximum Gasteiger partial charge on any atom is 0.379 e. The maximum atomic E-state index is 13.6. The highest BCUT2D eigenvalue weighted by atomic mass is 32.2. The number of rotatable bonds is 5. The Bertz CT molecular complexity index is 1210. The Morgan fingerprint density at radius 2 is 2.00 bits per heavy atom. The standard InChI is InChI=1S/C22H14FNO5S2/c1-27-18-10-13(7-8-16(18)29-21(26)17-6-3-9-28-17)11-19-20(25)24(22(30)31-19)15-5-2-4-14(23)12-15/h2-12H,1H3/b19-11-. The van der Waals surface area contributed by atoms with Crippen molar-refractivity contribution in [3.05, 3.63) is 82.9 Å². The Kier molecular flexibility index (Phi) is 5.88. The minimum Gasteiger partial charge on any atom is -0.493 e. The number of thioether (sulfide) groups is 1. The molecule has 1 aliphatic rings. The first kappa shape index (κ1) is 20.8. The van der Waals surface area contributed by atoms with E-state index in [2.05, 4.69) is 0 Å². The minimum absolute atomic E-state index is 0.0622. The molecular weight excluding hydrogens is 441 g/mol. The van der Waals surface area contributed by atoms with Crippen LogP contribution in [0.15, 0.2) is 70.2 Å². The van der Waals surface area contributed by atoms with E-state index in [1.54, 1.807) is 36.4 Å². The molecule has 9 heteroatoms. The van der Waals surface area contributed by atoms with Gasteiger partial charge in [0.1, 0.15) is 5.82 Å². The van der Waals surface area contributed by atoms with Crippen LogP contribution in [-0.4, -0.2) is 23.3 Å². The summed E-state index contributed by atoms with van der Waals surface area (Å²) in [5.41, 5.74) is 0.998. The quantitative estimate of drug-likeness (QED) is 0.231. The van der Waals surface area contributed by atoms with Gasteiger partial charge in [-0.3, -0.25) is 9.69 Å². The normalized spacial score (nSPS) is 14.9. The third-order valence-corrected chi connectivity index (χ3v) is 5.57. The Balaban J connectivity index is 1.58. The number of benzene rings is 2.